The average Bonchev–Trinajstić information content (AvgIpc) is 2.56. The molecule has 3 heterocycles. The minimum atomic E-state index is 0.242. The van der Waals surface area contributed by atoms with E-state index in [4.69, 9.17) is 0 Å². The van der Waals surface area contributed by atoms with Crippen molar-refractivity contribution in [3.63, 3.8) is 0 Å². The summed E-state index contributed by atoms with van der Waals surface area (Å²) in [5, 5.41) is 0. The molecule has 3 rings (SSSR count). The van der Waals surface area contributed by atoms with Crippen LogP contribution in [0.5, 0.6) is 0 Å². The number of rotatable bonds is 2. The first-order chi connectivity index (χ1) is 9.84. The lowest BCUT2D eigenvalue weighted by atomic mass is 9.94. The van der Waals surface area contributed by atoms with Crippen molar-refractivity contribution in [2.75, 3.05) is 31.1 Å². The average molecular weight is 273 g/mol. The smallest absolute Gasteiger partial charge is 0.225 e. The first-order valence-electron chi connectivity index (χ1n) is 7.78. The first-order valence-corrected chi connectivity index (χ1v) is 7.78. The van der Waals surface area contributed by atoms with Crippen LogP contribution in [0.15, 0.2) is 24.5 Å². The molecule has 2 saturated heterocycles. The quantitative estimate of drug-likeness (QED) is 0.829. The molecule has 20 heavy (non-hydrogen) atoms. The third-order valence-electron chi connectivity index (χ3n) is 4.54. The van der Waals surface area contributed by atoms with Crippen molar-refractivity contribution in [1.29, 1.82) is 0 Å². The highest BCUT2D eigenvalue weighted by molar-refractivity contribution is 5.79. The molecule has 0 atom stereocenters. The lowest BCUT2D eigenvalue weighted by Crippen LogP contribution is -2.44. The Morgan fingerprint density at radius 2 is 1.65 bits per heavy atom. The highest BCUT2D eigenvalue weighted by atomic mass is 16.2. The number of nitrogens with zero attached hydrogens (tertiary/aromatic N) is 3. The van der Waals surface area contributed by atoms with Gasteiger partial charge in [-0.15, -0.1) is 0 Å². The van der Waals surface area contributed by atoms with Crippen molar-refractivity contribution < 1.29 is 4.79 Å². The molecule has 0 saturated carbocycles. The number of piperidine rings is 2. The molecule has 0 unspecified atom stereocenters. The Bertz CT molecular complexity index is 434. The Morgan fingerprint density at radius 1 is 1.00 bits per heavy atom. The normalized spacial score (nSPS) is 21.0. The highest BCUT2D eigenvalue weighted by Gasteiger charge is 2.29. The third-order valence-corrected chi connectivity index (χ3v) is 4.54. The van der Waals surface area contributed by atoms with Crippen LogP contribution in [-0.4, -0.2) is 42.0 Å². The Hall–Kier alpha value is -1.58. The number of hydrogen-bond acceptors (Lipinski definition) is 3. The van der Waals surface area contributed by atoms with E-state index in [0.29, 0.717) is 5.91 Å². The van der Waals surface area contributed by atoms with Gasteiger partial charge in [-0.25, -0.2) is 0 Å². The van der Waals surface area contributed by atoms with E-state index in [-0.39, 0.29) is 5.92 Å². The molecule has 1 aromatic heterocycles. The number of amides is 1. The van der Waals surface area contributed by atoms with Gasteiger partial charge in [0.15, 0.2) is 0 Å². The second kappa shape index (κ2) is 6.25. The molecule has 2 aliphatic heterocycles. The summed E-state index contributed by atoms with van der Waals surface area (Å²) in [6.45, 7) is 3.91. The van der Waals surface area contributed by atoms with Crippen LogP contribution in [-0.2, 0) is 4.79 Å². The number of pyridine rings is 1. The minimum absolute atomic E-state index is 0.242. The Kier molecular flexibility index (Phi) is 4.19. The van der Waals surface area contributed by atoms with Crippen LogP contribution in [0.2, 0.25) is 0 Å². The number of carbonyl (C=O) groups is 1. The second-order valence-corrected chi connectivity index (χ2v) is 5.85. The largest absolute Gasteiger partial charge is 0.371 e. The number of carbonyl (C=O) groups excluding carboxylic acids is 1. The van der Waals surface area contributed by atoms with Gasteiger partial charge < -0.3 is 9.80 Å². The molecular formula is C16H23N3O. The number of likely N-dealkylation sites (tertiary alicyclic amines) is 1. The molecule has 0 aromatic carbocycles. The molecule has 0 radical (unpaired) electrons. The molecule has 0 N–H and O–H groups in total. The molecule has 2 fully saturated rings. The van der Waals surface area contributed by atoms with Crippen molar-refractivity contribution in [2.45, 2.75) is 32.1 Å². The van der Waals surface area contributed by atoms with Crippen molar-refractivity contribution in [3.8, 4) is 0 Å². The molecule has 1 amide bonds. The zero-order chi connectivity index (χ0) is 13.8. The molecule has 2 aliphatic rings. The molecule has 1 aromatic rings. The van der Waals surface area contributed by atoms with Crippen LogP contribution >= 0.6 is 0 Å². The van der Waals surface area contributed by atoms with Gasteiger partial charge in [-0.1, -0.05) is 0 Å². The lowest BCUT2D eigenvalue weighted by Gasteiger charge is -2.36. The second-order valence-electron chi connectivity index (χ2n) is 5.85. The van der Waals surface area contributed by atoms with Crippen molar-refractivity contribution >= 4 is 11.6 Å². The minimum Gasteiger partial charge on any atom is -0.371 e. The van der Waals surface area contributed by atoms with E-state index in [2.05, 4.69) is 14.8 Å². The van der Waals surface area contributed by atoms with E-state index >= 15 is 0 Å². The van der Waals surface area contributed by atoms with Crippen molar-refractivity contribution in [3.05, 3.63) is 24.5 Å². The summed E-state index contributed by atoms with van der Waals surface area (Å²) in [6.07, 6.45) is 9.28. The van der Waals surface area contributed by atoms with E-state index in [9.17, 15) is 4.79 Å². The summed E-state index contributed by atoms with van der Waals surface area (Å²) in [4.78, 5) is 21.0. The first kappa shape index (κ1) is 13.4. The van der Waals surface area contributed by atoms with Crippen LogP contribution in [0.4, 0.5) is 5.69 Å². The molecule has 4 heteroatoms. The van der Waals surface area contributed by atoms with Gasteiger partial charge in [0.05, 0.1) is 0 Å². The zero-order valence-electron chi connectivity index (χ0n) is 12.0. The van der Waals surface area contributed by atoms with Crippen LogP contribution in [0.1, 0.15) is 32.1 Å². The van der Waals surface area contributed by atoms with Gasteiger partial charge in [-0.3, -0.25) is 9.78 Å². The fourth-order valence-electron chi connectivity index (χ4n) is 3.31. The van der Waals surface area contributed by atoms with Crippen LogP contribution < -0.4 is 4.90 Å². The van der Waals surface area contributed by atoms with Crippen LogP contribution in [0.3, 0.4) is 0 Å². The Morgan fingerprint density at radius 3 is 2.30 bits per heavy atom. The third kappa shape index (κ3) is 2.94. The van der Waals surface area contributed by atoms with E-state index < -0.39 is 0 Å². The van der Waals surface area contributed by atoms with E-state index in [0.717, 1.165) is 39.0 Å². The Balaban J connectivity index is 1.54. The zero-order valence-corrected chi connectivity index (χ0v) is 12.0. The Labute approximate surface area is 120 Å². The SMILES string of the molecule is O=C(C1CCN(c2ccncc2)CC1)N1CCCCC1. The fraction of sp³-hybridized carbons (Fsp3) is 0.625. The van der Waals surface area contributed by atoms with Gasteiger partial charge in [0, 0.05) is 50.2 Å². The number of hydrogen-bond donors (Lipinski definition) is 0. The van der Waals surface area contributed by atoms with E-state index in [1.165, 1.54) is 24.9 Å². The van der Waals surface area contributed by atoms with Crippen molar-refractivity contribution in [2.24, 2.45) is 5.92 Å². The van der Waals surface area contributed by atoms with Gasteiger partial charge in [-0.2, -0.15) is 0 Å². The standard InChI is InChI=1S/C16H23N3O/c20-16(19-10-2-1-3-11-19)14-6-12-18(13-7-14)15-4-8-17-9-5-15/h4-5,8-9,14H,1-3,6-7,10-13H2. The summed E-state index contributed by atoms with van der Waals surface area (Å²) < 4.78 is 0. The molecule has 0 aliphatic carbocycles. The van der Waals surface area contributed by atoms with Crippen molar-refractivity contribution in [1.82, 2.24) is 9.88 Å². The molecule has 108 valence electrons. The summed E-state index contributed by atoms with van der Waals surface area (Å²) in [5.74, 6) is 0.644. The van der Waals surface area contributed by atoms with E-state index in [1.807, 2.05) is 24.5 Å². The lowest BCUT2D eigenvalue weighted by molar-refractivity contribution is -0.137. The molecular weight excluding hydrogens is 250 g/mol. The monoisotopic (exact) mass is 273 g/mol. The maximum atomic E-state index is 12.5. The molecule has 4 nitrogen and oxygen atoms in total. The maximum absolute atomic E-state index is 12.5. The van der Waals surface area contributed by atoms with Gasteiger partial charge in [0.1, 0.15) is 0 Å². The topological polar surface area (TPSA) is 36.4 Å². The summed E-state index contributed by atoms with van der Waals surface area (Å²) >= 11 is 0. The summed E-state index contributed by atoms with van der Waals surface area (Å²) in [7, 11) is 0. The van der Waals surface area contributed by atoms with Gasteiger partial charge in [-0.05, 0) is 44.2 Å². The van der Waals surface area contributed by atoms with Gasteiger partial charge >= 0.3 is 0 Å². The predicted molar refractivity (Wildman–Crippen MR) is 79.6 cm³/mol. The summed E-state index contributed by atoms with van der Waals surface area (Å²) in [5.41, 5.74) is 1.23. The summed E-state index contributed by atoms with van der Waals surface area (Å²) in [6, 6.07) is 4.10. The van der Waals surface area contributed by atoms with Gasteiger partial charge in [0.25, 0.3) is 0 Å². The van der Waals surface area contributed by atoms with E-state index in [1.54, 1.807) is 0 Å². The predicted octanol–water partition coefficient (Wildman–Crippen LogP) is 2.31. The maximum Gasteiger partial charge on any atom is 0.225 e. The van der Waals surface area contributed by atoms with Crippen LogP contribution in [0, 0.1) is 5.92 Å². The molecule has 0 spiro atoms. The number of anilines is 1. The highest BCUT2D eigenvalue weighted by Crippen LogP contribution is 2.25. The number of aromatic nitrogens is 1. The van der Waals surface area contributed by atoms with Crippen LogP contribution in [0.25, 0.3) is 0 Å². The van der Waals surface area contributed by atoms with Gasteiger partial charge in [0.2, 0.25) is 5.91 Å². The fourth-order valence-corrected chi connectivity index (χ4v) is 3.31. The molecule has 0 bridgehead atoms.